The van der Waals surface area contributed by atoms with Gasteiger partial charge in [-0.2, -0.15) is 0 Å². The summed E-state index contributed by atoms with van der Waals surface area (Å²) in [6, 6.07) is 17.0. The Morgan fingerprint density at radius 2 is 1.90 bits per heavy atom. The maximum atomic E-state index is 12.7. The van der Waals surface area contributed by atoms with Crippen LogP contribution >= 0.6 is 11.3 Å². The lowest BCUT2D eigenvalue weighted by molar-refractivity contribution is -0.116. The van der Waals surface area contributed by atoms with Crippen molar-refractivity contribution in [1.82, 2.24) is 9.88 Å². The van der Waals surface area contributed by atoms with Crippen LogP contribution in [0.1, 0.15) is 21.7 Å². The fourth-order valence-corrected chi connectivity index (χ4v) is 4.01. The van der Waals surface area contributed by atoms with E-state index in [-0.39, 0.29) is 24.1 Å². The van der Waals surface area contributed by atoms with Crippen molar-refractivity contribution >= 4 is 39.1 Å². The standard InChI is InChI=1S/C23H21N3O3S/c1-14-8-9-15(2)17(12-14)24-21(27)13-26(3)23(28)19-11-10-18(29-19)22-25-16-6-4-5-7-20(16)30-22/h4-12H,13H2,1-3H3,(H,24,27). The zero-order valence-electron chi connectivity index (χ0n) is 16.9. The summed E-state index contributed by atoms with van der Waals surface area (Å²) in [7, 11) is 1.57. The van der Waals surface area contributed by atoms with E-state index in [9.17, 15) is 9.59 Å². The Labute approximate surface area is 178 Å². The van der Waals surface area contributed by atoms with Crippen LogP contribution in [0.25, 0.3) is 21.0 Å². The zero-order valence-corrected chi connectivity index (χ0v) is 17.7. The molecule has 0 fully saturated rings. The number of rotatable bonds is 5. The number of fused-ring (bicyclic) bond motifs is 1. The number of anilines is 1. The molecule has 4 rings (SSSR count). The normalized spacial score (nSPS) is 10.9. The third-order valence-electron chi connectivity index (χ3n) is 4.72. The Morgan fingerprint density at radius 1 is 1.10 bits per heavy atom. The van der Waals surface area contributed by atoms with Gasteiger partial charge in [0.05, 0.1) is 16.8 Å². The molecule has 1 N–H and O–H groups in total. The summed E-state index contributed by atoms with van der Waals surface area (Å²) < 4.78 is 6.79. The molecule has 0 saturated heterocycles. The van der Waals surface area contributed by atoms with Crippen molar-refractivity contribution in [2.45, 2.75) is 13.8 Å². The fraction of sp³-hybridized carbons (Fsp3) is 0.174. The van der Waals surface area contributed by atoms with Gasteiger partial charge in [0.2, 0.25) is 5.91 Å². The van der Waals surface area contributed by atoms with E-state index < -0.39 is 0 Å². The fourth-order valence-electron chi connectivity index (χ4n) is 3.08. The quantitative estimate of drug-likeness (QED) is 0.500. The lowest BCUT2D eigenvalue weighted by Crippen LogP contribution is -2.34. The van der Waals surface area contributed by atoms with Gasteiger partial charge in [-0.15, -0.1) is 11.3 Å². The lowest BCUT2D eigenvalue weighted by atomic mass is 10.1. The number of thiazole rings is 1. The first-order chi connectivity index (χ1) is 14.4. The largest absolute Gasteiger partial charge is 0.448 e. The number of amides is 2. The summed E-state index contributed by atoms with van der Waals surface area (Å²) in [5.74, 6) is 0.0788. The number of furan rings is 1. The maximum Gasteiger partial charge on any atom is 0.289 e. The summed E-state index contributed by atoms with van der Waals surface area (Å²) in [4.78, 5) is 31.0. The van der Waals surface area contributed by atoms with Crippen molar-refractivity contribution in [2.75, 3.05) is 18.9 Å². The summed E-state index contributed by atoms with van der Waals surface area (Å²) in [6.07, 6.45) is 0. The highest BCUT2D eigenvalue weighted by Crippen LogP contribution is 2.31. The third-order valence-corrected chi connectivity index (χ3v) is 5.77. The molecule has 0 radical (unpaired) electrons. The van der Waals surface area contributed by atoms with Gasteiger partial charge >= 0.3 is 0 Å². The number of para-hydroxylation sites is 1. The predicted molar refractivity (Wildman–Crippen MR) is 119 cm³/mol. The average Bonchev–Trinajstić information content (AvgIpc) is 3.36. The van der Waals surface area contributed by atoms with E-state index in [1.807, 2.05) is 56.3 Å². The lowest BCUT2D eigenvalue weighted by Gasteiger charge is -2.16. The number of nitrogens with one attached hydrogen (secondary N) is 1. The number of benzene rings is 2. The van der Waals surface area contributed by atoms with E-state index in [1.54, 1.807) is 19.2 Å². The van der Waals surface area contributed by atoms with E-state index in [0.29, 0.717) is 10.8 Å². The van der Waals surface area contributed by atoms with Gasteiger partial charge in [-0.05, 0) is 55.3 Å². The number of aryl methyl sites for hydroxylation is 2. The number of carbonyl (C=O) groups is 2. The number of nitrogens with zero attached hydrogens (tertiary/aromatic N) is 2. The van der Waals surface area contributed by atoms with E-state index in [4.69, 9.17) is 4.42 Å². The first-order valence-electron chi connectivity index (χ1n) is 9.49. The summed E-state index contributed by atoms with van der Waals surface area (Å²) in [5, 5.41) is 3.58. The molecule has 2 aromatic carbocycles. The molecule has 4 aromatic rings. The van der Waals surface area contributed by atoms with Gasteiger partial charge in [0.15, 0.2) is 16.5 Å². The van der Waals surface area contributed by atoms with Gasteiger partial charge in [0.25, 0.3) is 5.91 Å². The number of carbonyl (C=O) groups excluding carboxylic acids is 2. The average molecular weight is 420 g/mol. The van der Waals surface area contributed by atoms with Crippen molar-refractivity contribution in [1.29, 1.82) is 0 Å². The molecule has 152 valence electrons. The minimum absolute atomic E-state index is 0.0800. The minimum atomic E-state index is -0.363. The van der Waals surface area contributed by atoms with E-state index in [1.165, 1.54) is 16.2 Å². The molecule has 0 aliphatic rings. The second-order valence-corrected chi connectivity index (χ2v) is 8.21. The molecular formula is C23H21N3O3S. The minimum Gasteiger partial charge on any atom is -0.448 e. The van der Waals surface area contributed by atoms with Crippen molar-refractivity contribution in [2.24, 2.45) is 0 Å². The van der Waals surface area contributed by atoms with Gasteiger partial charge in [0.1, 0.15) is 0 Å². The molecule has 0 aliphatic heterocycles. The Morgan fingerprint density at radius 3 is 2.70 bits per heavy atom. The van der Waals surface area contributed by atoms with Crippen LogP contribution in [0, 0.1) is 13.8 Å². The first kappa shape index (κ1) is 19.8. The van der Waals surface area contributed by atoms with Crippen molar-refractivity contribution in [3.05, 3.63) is 71.5 Å². The van der Waals surface area contributed by atoms with Gasteiger partial charge in [0, 0.05) is 12.7 Å². The van der Waals surface area contributed by atoms with Crippen molar-refractivity contribution in [3.63, 3.8) is 0 Å². The second-order valence-electron chi connectivity index (χ2n) is 7.18. The van der Waals surface area contributed by atoms with E-state index in [2.05, 4.69) is 10.3 Å². The van der Waals surface area contributed by atoms with Crippen LogP contribution in [0.3, 0.4) is 0 Å². The molecule has 2 heterocycles. The van der Waals surface area contributed by atoms with Crippen molar-refractivity contribution in [3.8, 4) is 10.8 Å². The van der Waals surface area contributed by atoms with Crippen LogP contribution in [-0.4, -0.2) is 35.3 Å². The zero-order chi connectivity index (χ0) is 21.3. The number of hydrogen-bond acceptors (Lipinski definition) is 5. The van der Waals surface area contributed by atoms with E-state index in [0.717, 1.165) is 27.0 Å². The van der Waals surface area contributed by atoms with E-state index >= 15 is 0 Å². The first-order valence-corrected chi connectivity index (χ1v) is 10.3. The molecular weight excluding hydrogens is 398 g/mol. The monoisotopic (exact) mass is 419 g/mol. The molecule has 0 saturated carbocycles. The molecule has 2 amide bonds. The van der Waals surface area contributed by atoms with Gasteiger partial charge in [-0.3, -0.25) is 9.59 Å². The third kappa shape index (κ3) is 4.11. The second kappa shape index (κ2) is 8.12. The molecule has 0 aliphatic carbocycles. The van der Waals surface area contributed by atoms with Gasteiger partial charge < -0.3 is 14.6 Å². The Kier molecular flexibility index (Phi) is 5.37. The van der Waals surface area contributed by atoms with Crippen LogP contribution in [-0.2, 0) is 4.79 Å². The molecule has 30 heavy (non-hydrogen) atoms. The van der Waals surface area contributed by atoms with Crippen LogP contribution in [0.2, 0.25) is 0 Å². The molecule has 0 spiro atoms. The predicted octanol–water partition coefficient (Wildman–Crippen LogP) is 4.88. The van der Waals surface area contributed by atoms with Gasteiger partial charge in [-0.1, -0.05) is 24.3 Å². The Balaban J connectivity index is 1.44. The highest BCUT2D eigenvalue weighted by atomic mass is 32.1. The Hall–Kier alpha value is -3.45. The molecule has 7 heteroatoms. The van der Waals surface area contributed by atoms with Crippen LogP contribution < -0.4 is 5.32 Å². The van der Waals surface area contributed by atoms with Crippen molar-refractivity contribution < 1.29 is 14.0 Å². The molecule has 0 bridgehead atoms. The highest BCUT2D eigenvalue weighted by Gasteiger charge is 2.20. The van der Waals surface area contributed by atoms with Gasteiger partial charge in [-0.25, -0.2) is 4.98 Å². The SMILES string of the molecule is Cc1ccc(C)c(NC(=O)CN(C)C(=O)c2ccc(-c3nc4ccccc4s3)o2)c1. The van der Waals surface area contributed by atoms with Crippen LogP contribution in [0.5, 0.6) is 0 Å². The molecule has 0 atom stereocenters. The molecule has 6 nitrogen and oxygen atoms in total. The topological polar surface area (TPSA) is 75.4 Å². The highest BCUT2D eigenvalue weighted by molar-refractivity contribution is 7.21. The number of likely N-dealkylation sites (N-methyl/N-ethyl adjacent to an activating group) is 1. The van der Waals surface area contributed by atoms with Crippen LogP contribution in [0.4, 0.5) is 5.69 Å². The summed E-state index contributed by atoms with van der Waals surface area (Å²) in [6.45, 7) is 3.81. The maximum absolute atomic E-state index is 12.7. The number of aromatic nitrogens is 1. The summed E-state index contributed by atoms with van der Waals surface area (Å²) in [5.41, 5.74) is 3.66. The van der Waals surface area contributed by atoms with Crippen LogP contribution in [0.15, 0.2) is 59.0 Å². The Bertz CT molecular complexity index is 1210. The molecule has 2 aromatic heterocycles. The summed E-state index contributed by atoms with van der Waals surface area (Å²) >= 11 is 1.50. The smallest absolute Gasteiger partial charge is 0.289 e. The molecule has 0 unspecified atom stereocenters. The number of hydrogen-bond donors (Lipinski definition) is 1.